The standard InChI is InChI=1S/C10H11FN4OS/c1-16-8-3-2-6(4-7(8)11)5-17-10-13-9(12)14-15-10/h2-4H,5H2,1H3,(H3,12,13,14,15). The highest BCUT2D eigenvalue weighted by Gasteiger charge is 2.05. The van der Waals surface area contributed by atoms with Crippen LogP contribution in [-0.2, 0) is 5.75 Å². The monoisotopic (exact) mass is 254 g/mol. The number of H-pyrrole nitrogens is 1. The molecule has 0 amide bonds. The van der Waals surface area contributed by atoms with Crippen molar-refractivity contribution in [3.63, 3.8) is 0 Å². The molecule has 0 radical (unpaired) electrons. The molecule has 7 heteroatoms. The third-order valence-corrected chi connectivity index (χ3v) is 2.98. The topological polar surface area (TPSA) is 76.8 Å². The van der Waals surface area contributed by atoms with Crippen molar-refractivity contribution in [1.29, 1.82) is 0 Å². The minimum atomic E-state index is -0.375. The summed E-state index contributed by atoms with van der Waals surface area (Å²) in [6, 6.07) is 4.82. The number of aromatic nitrogens is 3. The summed E-state index contributed by atoms with van der Waals surface area (Å²) in [6.07, 6.45) is 0. The number of ether oxygens (including phenoxy) is 1. The smallest absolute Gasteiger partial charge is 0.216 e. The number of benzene rings is 1. The molecule has 0 aliphatic heterocycles. The summed E-state index contributed by atoms with van der Waals surface area (Å²) in [6.45, 7) is 0. The van der Waals surface area contributed by atoms with E-state index in [1.165, 1.54) is 24.9 Å². The maximum absolute atomic E-state index is 13.4. The summed E-state index contributed by atoms with van der Waals surface area (Å²) in [4.78, 5) is 3.94. The molecular formula is C10H11FN4OS. The van der Waals surface area contributed by atoms with Crippen LogP contribution in [0.4, 0.5) is 10.3 Å². The average Bonchev–Trinajstić information content (AvgIpc) is 2.73. The molecule has 0 aliphatic carbocycles. The predicted octanol–water partition coefficient (Wildman–Crippen LogP) is 1.83. The Morgan fingerprint density at radius 1 is 1.53 bits per heavy atom. The molecule has 3 N–H and O–H groups in total. The molecule has 0 atom stereocenters. The lowest BCUT2D eigenvalue weighted by Gasteiger charge is -2.03. The van der Waals surface area contributed by atoms with Crippen LogP contribution in [0, 0.1) is 5.82 Å². The number of rotatable bonds is 4. The number of nitrogens with two attached hydrogens (primary N) is 1. The van der Waals surface area contributed by atoms with E-state index >= 15 is 0 Å². The first-order valence-corrected chi connectivity index (χ1v) is 5.80. The van der Waals surface area contributed by atoms with Crippen LogP contribution in [0.25, 0.3) is 0 Å². The van der Waals surface area contributed by atoms with Gasteiger partial charge in [-0.1, -0.05) is 17.8 Å². The Balaban J connectivity index is 2.02. The summed E-state index contributed by atoms with van der Waals surface area (Å²) >= 11 is 1.38. The lowest BCUT2D eigenvalue weighted by molar-refractivity contribution is 0.386. The second-order valence-electron chi connectivity index (χ2n) is 3.26. The van der Waals surface area contributed by atoms with Crippen LogP contribution in [0.3, 0.4) is 0 Å². The van der Waals surface area contributed by atoms with Crippen molar-refractivity contribution < 1.29 is 9.13 Å². The fourth-order valence-corrected chi connectivity index (χ4v) is 2.02. The van der Waals surface area contributed by atoms with Gasteiger partial charge in [0, 0.05) is 5.75 Å². The summed E-state index contributed by atoms with van der Waals surface area (Å²) in [5.74, 6) is 0.701. The molecule has 0 spiro atoms. The van der Waals surface area contributed by atoms with Crippen molar-refractivity contribution >= 4 is 17.7 Å². The second kappa shape index (κ2) is 5.05. The van der Waals surface area contributed by atoms with Gasteiger partial charge in [-0.05, 0) is 17.7 Å². The molecule has 5 nitrogen and oxygen atoms in total. The summed E-state index contributed by atoms with van der Waals surface area (Å²) in [5, 5.41) is 6.95. The van der Waals surface area contributed by atoms with E-state index in [1.54, 1.807) is 12.1 Å². The Labute approximate surface area is 102 Å². The van der Waals surface area contributed by atoms with Crippen molar-refractivity contribution in [2.24, 2.45) is 0 Å². The van der Waals surface area contributed by atoms with E-state index in [0.717, 1.165) is 5.56 Å². The summed E-state index contributed by atoms with van der Waals surface area (Å²) in [5.41, 5.74) is 6.22. The quantitative estimate of drug-likeness (QED) is 0.814. The molecule has 0 fully saturated rings. The van der Waals surface area contributed by atoms with Gasteiger partial charge in [-0.3, -0.25) is 0 Å². The number of thioether (sulfide) groups is 1. The maximum atomic E-state index is 13.4. The first-order valence-electron chi connectivity index (χ1n) is 4.82. The fraction of sp³-hybridized carbons (Fsp3) is 0.200. The highest BCUT2D eigenvalue weighted by atomic mass is 32.2. The van der Waals surface area contributed by atoms with Gasteiger partial charge in [0.25, 0.3) is 0 Å². The number of nitrogen functional groups attached to an aromatic ring is 1. The molecule has 1 aromatic heterocycles. The Morgan fingerprint density at radius 3 is 2.94 bits per heavy atom. The van der Waals surface area contributed by atoms with Gasteiger partial charge in [0.05, 0.1) is 7.11 Å². The molecule has 1 aromatic carbocycles. The van der Waals surface area contributed by atoms with Gasteiger partial charge >= 0.3 is 0 Å². The number of hydrogen-bond donors (Lipinski definition) is 2. The van der Waals surface area contributed by atoms with Crippen LogP contribution in [-0.4, -0.2) is 22.3 Å². The average molecular weight is 254 g/mol. The number of hydrogen-bond acceptors (Lipinski definition) is 5. The molecule has 0 aliphatic rings. The van der Waals surface area contributed by atoms with E-state index in [0.29, 0.717) is 10.9 Å². The van der Waals surface area contributed by atoms with E-state index in [-0.39, 0.29) is 17.5 Å². The number of aromatic amines is 1. The van der Waals surface area contributed by atoms with Crippen molar-refractivity contribution in [2.45, 2.75) is 10.9 Å². The molecule has 17 heavy (non-hydrogen) atoms. The van der Waals surface area contributed by atoms with Gasteiger partial charge in [-0.25, -0.2) is 9.49 Å². The number of nitrogens with zero attached hydrogens (tertiary/aromatic N) is 2. The fourth-order valence-electron chi connectivity index (χ4n) is 1.27. The van der Waals surface area contributed by atoms with E-state index in [1.807, 2.05) is 0 Å². The van der Waals surface area contributed by atoms with Crippen LogP contribution in [0.15, 0.2) is 23.4 Å². The molecule has 2 rings (SSSR count). The third-order valence-electron chi connectivity index (χ3n) is 2.07. The predicted molar refractivity (Wildman–Crippen MR) is 63.3 cm³/mol. The van der Waals surface area contributed by atoms with Crippen molar-refractivity contribution in [3.05, 3.63) is 29.6 Å². The minimum absolute atomic E-state index is 0.237. The SMILES string of the molecule is COc1ccc(CSc2n[nH]c(N)n2)cc1F. The first-order chi connectivity index (χ1) is 8.19. The van der Waals surface area contributed by atoms with Crippen LogP contribution >= 0.6 is 11.8 Å². The summed E-state index contributed by atoms with van der Waals surface area (Å²) in [7, 11) is 1.43. The van der Waals surface area contributed by atoms with Crippen molar-refractivity contribution in [1.82, 2.24) is 15.2 Å². The van der Waals surface area contributed by atoms with Gasteiger partial charge in [0.2, 0.25) is 11.1 Å². The molecule has 90 valence electrons. The molecule has 0 saturated heterocycles. The molecule has 0 bridgehead atoms. The van der Waals surface area contributed by atoms with Crippen LogP contribution < -0.4 is 10.5 Å². The Hall–Kier alpha value is -1.76. The Bertz CT molecular complexity index is 517. The van der Waals surface area contributed by atoms with Gasteiger partial charge in [0.15, 0.2) is 11.6 Å². The summed E-state index contributed by atoms with van der Waals surface area (Å²) < 4.78 is 18.2. The number of halogens is 1. The normalized spacial score (nSPS) is 10.5. The van der Waals surface area contributed by atoms with Crippen LogP contribution in [0.1, 0.15) is 5.56 Å². The number of anilines is 1. The zero-order valence-electron chi connectivity index (χ0n) is 9.11. The first kappa shape index (κ1) is 11.7. The van der Waals surface area contributed by atoms with E-state index < -0.39 is 0 Å². The minimum Gasteiger partial charge on any atom is -0.494 e. The Morgan fingerprint density at radius 2 is 2.35 bits per heavy atom. The molecule has 0 saturated carbocycles. The van der Waals surface area contributed by atoms with E-state index in [2.05, 4.69) is 15.2 Å². The number of nitrogens with one attached hydrogen (secondary N) is 1. The van der Waals surface area contributed by atoms with Crippen LogP contribution in [0.2, 0.25) is 0 Å². The van der Waals surface area contributed by atoms with Gasteiger partial charge < -0.3 is 10.5 Å². The molecular weight excluding hydrogens is 243 g/mol. The van der Waals surface area contributed by atoms with Gasteiger partial charge in [-0.2, -0.15) is 4.98 Å². The highest BCUT2D eigenvalue weighted by molar-refractivity contribution is 7.98. The maximum Gasteiger partial charge on any atom is 0.216 e. The zero-order valence-corrected chi connectivity index (χ0v) is 9.92. The largest absolute Gasteiger partial charge is 0.494 e. The van der Waals surface area contributed by atoms with Crippen LogP contribution in [0.5, 0.6) is 5.75 Å². The lowest BCUT2D eigenvalue weighted by atomic mass is 10.2. The molecule has 1 heterocycles. The Kier molecular flexibility index (Phi) is 3.48. The highest BCUT2D eigenvalue weighted by Crippen LogP contribution is 2.23. The van der Waals surface area contributed by atoms with E-state index in [9.17, 15) is 4.39 Å². The zero-order chi connectivity index (χ0) is 12.3. The lowest BCUT2D eigenvalue weighted by Crippen LogP contribution is -1.90. The van der Waals surface area contributed by atoms with Crippen molar-refractivity contribution in [2.75, 3.05) is 12.8 Å². The second-order valence-corrected chi connectivity index (χ2v) is 4.20. The van der Waals surface area contributed by atoms with Gasteiger partial charge in [-0.15, -0.1) is 5.10 Å². The number of methoxy groups -OCH3 is 1. The van der Waals surface area contributed by atoms with E-state index in [4.69, 9.17) is 10.5 Å². The molecule has 0 unspecified atom stereocenters. The third kappa shape index (κ3) is 2.88. The van der Waals surface area contributed by atoms with Crippen molar-refractivity contribution in [3.8, 4) is 5.75 Å². The van der Waals surface area contributed by atoms with Gasteiger partial charge in [0.1, 0.15) is 0 Å². The molecule has 2 aromatic rings.